The molecule has 0 spiro atoms. The molecule has 7 heteroatoms. The number of hydrogen-bond acceptors (Lipinski definition) is 5. The first-order valence-electron chi connectivity index (χ1n) is 10.1. The average molecular weight is 399 g/mol. The lowest BCUT2D eigenvalue weighted by molar-refractivity contribution is -0.152. The number of nitrogens with zero attached hydrogens (tertiary/aromatic N) is 1. The van der Waals surface area contributed by atoms with Crippen molar-refractivity contribution in [2.24, 2.45) is 23.7 Å². The molecule has 2 aliphatic rings. The fraction of sp³-hybridized carbons (Fsp3) is 0.850. The number of esters is 1. The van der Waals surface area contributed by atoms with Gasteiger partial charge >= 0.3 is 5.97 Å². The molecule has 1 saturated carbocycles. The molecule has 1 N–H and O–H groups in total. The van der Waals surface area contributed by atoms with Crippen molar-refractivity contribution in [3.8, 4) is 0 Å². The number of amides is 2. The summed E-state index contributed by atoms with van der Waals surface area (Å²) in [4.78, 5) is 38.1. The summed E-state index contributed by atoms with van der Waals surface area (Å²) in [6, 6.07) is 0. The molecule has 0 bridgehead atoms. The molecule has 27 heavy (non-hydrogen) atoms. The molecular formula is C20H34N2O4S. The maximum atomic E-state index is 12.5. The molecule has 2 amide bonds. The van der Waals surface area contributed by atoms with Crippen LogP contribution in [0.3, 0.4) is 0 Å². The first kappa shape index (κ1) is 22.1. The normalized spacial score (nSPS) is 29.2. The predicted octanol–water partition coefficient (Wildman–Crippen LogP) is 3.01. The number of carbonyl (C=O) groups excluding carboxylic acids is 3. The minimum Gasteiger partial charge on any atom is -0.461 e. The van der Waals surface area contributed by atoms with Crippen molar-refractivity contribution in [2.75, 3.05) is 12.3 Å². The Hall–Kier alpha value is -1.24. The van der Waals surface area contributed by atoms with E-state index in [4.69, 9.17) is 4.74 Å². The number of rotatable bonds is 7. The van der Waals surface area contributed by atoms with Crippen LogP contribution in [0.2, 0.25) is 0 Å². The van der Waals surface area contributed by atoms with Crippen molar-refractivity contribution in [1.29, 1.82) is 0 Å². The summed E-state index contributed by atoms with van der Waals surface area (Å²) in [7, 11) is 0. The van der Waals surface area contributed by atoms with E-state index in [0.717, 1.165) is 12.8 Å². The van der Waals surface area contributed by atoms with Gasteiger partial charge in [0.15, 0.2) is 5.50 Å². The quantitative estimate of drug-likeness (QED) is 0.527. The maximum Gasteiger partial charge on any atom is 0.316 e. The predicted molar refractivity (Wildman–Crippen MR) is 107 cm³/mol. The van der Waals surface area contributed by atoms with Gasteiger partial charge in [-0.3, -0.25) is 14.4 Å². The van der Waals surface area contributed by atoms with E-state index < -0.39 is 5.50 Å². The standard InChI is InChI=1S/C20H34N2O4S/c1-12(2)10-22-18(24)9-17(23)21-20(22)27-11-19(25)26-16-8-14(5)6-7-15(16)13(3)4/h12-16,20H,6-11H2,1-5H3,(H,21,23)/t14-,15-,16-,20+/m1/s1. The van der Waals surface area contributed by atoms with Gasteiger partial charge in [0.1, 0.15) is 12.5 Å². The zero-order valence-corrected chi connectivity index (χ0v) is 18.0. The maximum absolute atomic E-state index is 12.5. The van der Waals surface area contributed by atoms with Gasteiger partial charge < -0.3 is 15.0 Å². The minimum atomic E-state index is -0.500. The Balaban J connectivity index is 1.92. The molecule has 0 aromatic rings. The van der Waals surface area contributed by atoms with E-state index in [-0.39, 0.29) is 42.0 Å². The summed E-state index contributed by atoms with van der Waals surface area (Å²) in [5, 5.41) is 2.82. The second kappa shape index (κ2) is 9.80. The van der Waals surface area contributed by atoms with Crippen molar-refractivity contribution in [1.82, 2.24) is 10.2 Å². The highest BCUT2D eigenvalue weighted by atomic mass is 32.2. The van der Waals surface area contributed by atoms with Crippen LogP contribution in [0.1, 0.15) is 60.3 Å². The van der Waals surface area contributed by atoms with Crippen molar-refractivity contribution < 1.29 is 19.1 Å². The van der Waals surface area contributed by atoms with E-state index in [1.165, 1.54) is 18.2 Å². The molecular weight excluding hydrogens is 364 g/mol. The van der Waals surface area contributed by atoms with Crippen LogP contribution in [0.4, 0.5) is 0 Å². The first-order valence-corrected chi connectivity index (χ1v) is 11.1. The van der Waals surface area contributed by atoms with Gasteiger partial charge in [0.05, 0.1) is 5.75 Å². The van der Waals surface area contributed by atoms with Gasteiger partial charge in [-0.15, -0.1) is 11.8 Å². The highest BCUT2D eigenvalue weighted by molar-refractivity contribution is 8.00. The Bertz CT molecular complexity index is 552. The van der Waals surface area contributed by atoms with Crippen LogP contribution in [0.5, 0.6) is 0 Å². The molecule has 6 nitrogen and oxygen atoms in total. The van der Waals surface area contributed by atoms with Crippen molar-refractivity contribution >= 4 is 29.5 Å². The Morgan fingerprint density at radius 2 is 1.96 bits per heavy atom. The Morgan fingerprint density at radius 3 is 2.59 bits per heavy atom. The molecule has 154 valence electrons. The first-order chi connectivity index (χ1) is 12.7. The van der Waals surface area contributed by atoms with Crippen LogP contribution in [-0.4, -0.2) is 46.6 Å². The lowest BCUT2D eigenvalue weighted by Gasteiger charge is -2.37. The van der Waals surface area contributed by atoms with Crippen LogP contribution >= 0.6 is 11.8 Å². The summed E-state index contributed by atoms with van der Waals surface area (Å²) in [6.45, 7) is 11.2. The summed E-state index contributed by atoms with van der Waals surface area (Å²) in [6.07, 6.45) is 3.05. The molecule has 0 aromatic heterocycles. The van der Waals surface area contributed by atoms with Crippen molar-refractivity contribution in [3.05, 3.63) is 0 Å². The smallest absolute Gasteiger partial charge is 0.316 e. The van der Waals surface area contributed by atoms with Gasteiger partial charge in [-0.1, -0.05) is 41.0 Å². The molecule has 1 saturated heterocycles. The molecule has 0 unspecified atom stereocenters. The lowest BCUT2D eigenvalue weighted by atomic mass is 9.75. The van der Waals surface area contributed by atoms with Crippen molar-refractivity contribution in [3.63, 3.8) is 0 Å². The van der Waals surface area contributed by atoms with E-state index in [1.807, 2.05) is 13.8 Å². The largest absolute Gasteiger partial charge is 0.461 e. The lowest BCUT2D eigenvalue weighted by Crippen LogP contribution is -2.56. The topological polar surface area (TPSA) is 75.7 Å². The van der Waals surface area contributed by atoms with Crippen LogP contribution in [0.25, 0.3) is 0 Å². The van der Waals surface area contributed by atoms with E-state index in [9.17, 15) is 14.4 Å². The second-order valence-electron chi connectivity index (χ2n) is 8.70. The van der Waals surface area contributed by atoms with Gasteiger partial charge in [-0.25, -0.2) is 0 Å². The van der Waals surface area contributed by atoms with Gasteiger partial charge in [-0.05, 0) is 36.5 Å². The molecule has 1 heterocycles. The third-order valence-corrected chi connectivity index (χ3v) is 6.46. The monoisotopic (exact) mass is 398 g/mol. The highest BCUT2D eigenvalue weighted by Crippen LogP contribution is 2.35. The van der Waals surface area contributed by atoms with Crippen LogP contribution in [0.15, 0.2) is 0 Å². The van der Waals surface area contributed by atoms with Gasteiger partial charge in [0.25, 0.3) is 0 Å². The third-order valence-electron chi connectivity index (χ3n) is 5.36. The average Bonchev–Trinajstić information content (AvgIpc) is 2.55. The van der Waals surface area contributed by atoms with E-state index in [0.29, 0.717) is 24.3 Å². The van der Waals surface area contributed by atoms with Gasteiger partial charge in [0, 0.05) is 6.54 Å². The van der Waals surface area contributed by atoms with Crippen LogP contribution < -0.4 is 5.32 Å². The third kappa shape index (κ3) is 6.40. The highest BCUT2D eigenvalue weighted by Gasteiger charge is 2.35. The van der Waals surface area contributed by atoms with Gasteiger partial charge in [0.2, 0.25) is 11.8 Å². The van der Waals surface area contributed by atoms with E-state index in [2.05, 4.69) is 26.1 Å². The molecule has 1 aliphatic carbocycles. The molecule has 0 radical (unpaired) electrons. The van der Waals surface area contributed by atoms with Crippen LogP contribution in [-0.2, 0) is 19.1 Å². The fourth-order valence-electron chi connectivity index (χ4n) is 3.96. The molecule has 4 atom stereocenters. The summed E-state index contributed by atoms with van der Waals surface area (Å²) in [5.41, 5.74) is -0.500. The minimum absolute atomic E-state index is 0.0313. The Kier molecular flexibility index (Phi) is 8.01. The van der Waals surface area contributed by atoms with Crippen LogP contribution in [0, 0.1) is 23.7 Å². The summed E-state index contributed by atoms with van der Waals surface area (Å²) >= 11 is 1.26. The Morgan fingerprint density at radius 1 is 1.26 bits per heavy atom. The Labute approximate surface area is 167 Å². The number of ether oxygens (including phenoxy) is 1. The molecule has 2 rings (SSSR count). The second-order valence-corrected chi connectivity index (χ2v) is 9.77. The number of nitrogens with one attached hydrogen (secondary N) is 1. The van der Waals surface area contributed by atoms with Crippen molar-refractivity contribution in [2.45, 2.75) is 71.9 Å². The number of carbonyl (C=O) groups is 3. The zero-order valence-electron chi connectivity index (χ0n) is 17.2. The molecule has 0 aromatic carbocycles. The SMILES string of the molecule is CC(C)CN1C(=O)CC(=O)N[C@@H]1SCC(=O)O[C@@H]1C[C@H](C)CC[C@@H]1C(C)C. The zero-order chi connectivity index (χ0) is 20.1. The van der Waals surface area contributed by atoms with E-state index >= 15 is 0 Å². The number of thioether (sulfide) groups is 1. The molecule has 1 aliphatic heterocycles. The van der Waals surface area contributed by atoms with E-state index in [1.54, 1.807) is 4.90 Å². The summed E-state index contributed by atoms with van der Waals surface area (Å²) < 4.78 is 5.82. The van der Waals surface area contributed by atoms with Gasteiger partial charge in [-0.2, -0.15) is 0 Å². The number of hydrogen-bond donors (Lipinski definition) is 1. The molecule has 2 fully saturated rings. The summed E-state index contributed by atoms with van der Waals surface area (Å²) in [5.74, 6) is 1.15. The fourth-order valence-corrected chi connectivity index (χ4v) is 4.92.